The summed E-state index contributed by atoms with van der Waals surface area (Å²) in [5.74, 6) is 1.42. The van der Waals surface area contributed by atoms with Crippen LogP contribution < -0.4 is 4.74 Å². The van der Waals surface area contributed by atoms with Gasteiger partial charge in [0.2, 0.25) is 5.91 Å². The molecule has 1 heterocycles. The highest BCUT2D eigenvalue weighted by atomic mass is 16.5. The van der Waals surface area contributed by atoms with Crippen LogP contribution in [0.2, 0.25) is 0 Å². The van der Waals surface area contributed by atoms with Crippen molar-refractivity contribution in [2.45, 2.75) is 46.0 Å². The van der Waals surface area contributed by atoms with Gasteiger partial charge in [-0.1, -0.05) is 31.6 Å². The van der Waals surface area contributed by atoms with Crippen LogP contribution in [0.15, 0.2) is 30.9 Å². The maximum Gasteiger partial charge on any atom is 0.219 e. The molecule has 0 aromatic heterocycles. The average Bonchev–Trinajstić information content (AvgIpc) is 2.59. The first-order valence-corrected chi connectivity index (χ1v) is 9.59. The summed E-state index contributed by atoms with van der Waals surface area (Å²) in [6, 6.07) is 5.56. The number of piperidine rings is 1. The second-order valence-electron chi connectivity index (χ2n) is 8.38. The van der Waals surface area contributed by atoms with E-state index in [4.69, 9.17) is 4.74 Å². The molecule has 1 saturated heterocycles. The summed E-state index contributed by atoms with van der Waals surface area (Å²) in [5.41, 5.74) is 1.14. The fraction of sp³-hybridized carbons (Fsp3) is 0.591. The van der Waals surface area contributed by atoms with Gasteiger partial charge in [-0.15, -0.1) is 6.58 Å². The van der Waals surface area contributed by atoms with E-state index in [-0.39, 0.29) is 22.5 Å². The number of aryl methyl sites for hydroxylation is 1. The predicted octanol–water partition coefficient (Wildman–Crippen LogP) is 4.17. The molecule has 4 heteroatoms. The van der Waals surface area contributed by atoms with E-state index >= 15 is 0 Å². The molecule has 26 heavy (non-hydrogen) atoms. The van der Waals surface area contributed by atoms with Crippen molar-refractivity contribution in [3.8, 4) is 11.5 Å². The fourth-order valence-corrected chi connectivity index (χ4v) is 5.56. The van der Waals surface area contributed by atoms with E-state index in [2.05, 4.69) is 19.6 Å². The minimum atomic E-state index is -0.0129. The largest absolute Gasteiger partial charge is 0.504 e. The Balaban J connectivity index is 1.88. The summed E-state index contributed by atoms with van der Waals surface area (Å²) in [4.78, 5) is 14.1. The van der Waals surface area contributed by atoms with Gasteiger partial charge in [0, 0.05) is 25.4 Å². The minimum absolute atomic E-state index is 0.0129. The van der Waals surface area contributed by atoms with Crippen LogP contribution >= 0.6 is 0 Å². The van der Waals surface area contributed by atoms with Crippen LogP contribution in [-0.4, -0.2) is 36.1 Å². The molecular formula is C22H31NO3. The third kappa shape index (κ3) is 3.10. The Kier molecular flexibility index (Phi) is 5.05. The maximum atomic E-state index is 12.1. The lowest BCUT2D eigenvalue weighted by Crippen LogP contribution is -2.60. The Hall–Kier alpha value is -1.97. The first-order valence-electron chi connectivity index (χ1n) is 9.59. The van der Waals surface area contributed by atoms with Gasteiger partial charge in [0.05, 0.1) is 7.11 Å². The molecule has 3 unspecified atom stereocenters. The molecule has 1 aromatic rings. The zero-order valence-electron chi connectivity index (χ0n) is 16.3. The summed E-state index contributed by atoms with van der Waals surface area (Å²) in [7, 11) is 1.60. The predicted molar refractivity (Wildman–Crippen MR) is 103 cm³/mol. The molecule has 3 atom stereocenters. The van der Waals surface area contributed by atoms with Crippen LogP contribution in [0.3, 0.4) is 0 Å². The number of carbonyl (C=O) groups is 1. The summed E-state index contributed by atoms with van der Waals surface area (Å²) in [6.07, 6.45) is 7.41. The second kappa shape index (κ2) is 6.98. The summed E-state index contributed by atoms with van der Waals surface area (Å²) < 4.78 is 5.41. The first kappa shape index (κ1) is 18.8. The molecule has 142 valence electrons. The van der Waals surface area contributed by atoms with E-state index in [1.54, 1.807) is 20.1 Å². The first-order chi connectivity index (χ1) is 12.3. The monoisotopic (exact) mass is 357 g/mol. The molecule has 0 spiro atoms. The molecule has 2 aliphatic rings. The Morgan fingerprint density at radius 1 is 1.42 bits per heavy atom. The van der Waals surface area contributed by atoms with Gasteiger partial charge in [-0.25, -0.2) is 0 Å². The molecule has 4 nitrogen and oxygen atoms in total. The number of rotatable bonds is 5. The van der Waals surface area contributed by atoms with Gasteiger partial charge >= 0.3 is 0 Å². The number of phenolic OH excluding ortho intramolecular Hbond substituents is 1. The van der Waals surface area contributed by atoms with E-state index in [0.29, 0.717) is 11.7 Å². The number of likely N-dealkylation sites (tertiary alicyclic amines) is 1. The van der Waals surface area contributed by atoms with Crippen molar-refractivity contribution in [2.75, 3.05) is 20.2 Å². The van der Waals surface area contributed by atoms with Crippen molar-refractivity contribution in [3.05, 3.63) is 36.4 Å². The number of hydrogen-bond acceptors (Lipinski definition) is 3. The van der Waals surface area contributed by atoms with E-state index < -0.39 is 0 Å². The maximum absolute atomic E-state index is 12.1. The van der Waals surface area contributed by atoms with Gasteiger partial charge in [0.15, 0.2) is 11.5 Å². The van der Waals surface area contributed by atoms with Crippen LogP contribution in [0, 0.1) is 16.7 Å². The van der Waals surface area contributed by atoms with Crippen LogP contribution in [-0.2, 0) is 11.2 Å². The Labute approximate surface area is 156 Å². The minimum Gasteiger partial charge on any atom is -0.504 e. The number of carbonyl (C=O) groups excluding carboxylic acids is 1. The van der Waals surface area contributed by atoms with Crippen molar-refractivity contribution >= 4 is 5.91 Å². The van der Waals surface area contributed by atoms with Gasteiger partial charge < -0.3 is 14.7 Å². The van der Waals surface area contributed by atoms with Gasteiger partial charge in [0.1, 0.15) is 0 Å². The SMILES string of the molecule is C=CC12CCCC(C)(CN(C(C)=O)C1)C2CCc1cccc(O)c1OC. The highest BCUT2D eigenvalue weighted by Crippen LogP contribution is 2.57. The van der Waals surface area contributed by atoms with Gasteiger partial charge in [0.25, 0.3) is 0 Å². The third-order valence-corrected chi connectivity index (χ3v) is 6.80. The number of amides is 1. The summed E-state index contributed by atoms with van der Waals surface area (Å²) >= 11 is 0. The number of hydrogen-bond donors (Lipinski definition) is 1. The summed E-state index contributed by atoms with van der Waals surface area (Å²) in [5, 5.41) is 10.0. The fourth-order valence-electron chi connectivity index (χ4n) is 5.56. The number of phenols is 1. The van der Waals surface area contributed by atoms with E-state index in [1.165, 1.54) is 6.42 Å². The van der Waals surface area contributed by atoms with Crippen molar-refractivity contribution in [1.82, 2.24) is 4.90 Å². The number of nitrogens with zero attached hydrogens (tertiary/aromatic N) is 1. The molecule has 2 bridgehead atoms. The van der Waals surface area contributed by atoms with Crippen molar-refractivity contribution in [3.63, 3.8) is 0 Å². The number of fused-ring (bicyclic) bond motifs is 2. The van der Waals surface area contributed by atoms with E-state index in [9.17, 15) is 9.90 Å². The standard InChI is InChI=1S/C22H31NO3/c1-5-22-13-7-12-21(3,14-23(15-22)16(2)24)19(22)11-10-17-8-6-9-18(25)20(17)26-4/h5-6,8-9,19,25H,1,7,10-15H2,2-4H3. The van der Waals surface area contributed by atoms with Crippen molar-refractivity contribution in [1.29, 1.82) is 0 Å². The number of ether oxygens (including phenoxy) is 1. The van der Waals surface area contributed by atoms with Crippen molar-refractivity contribution in [2.24, 2.45) is 16.7 Å². The Morgan fingerprint density at radius 3 is 2.85 bits per heavy atom. The molecule has 1 N–H and O–H groups in total. The van der Waals surface area contributed by atoms with E-state index in [1.807, 2.05) is 17.0 Å². The average molecular weight is 357 g/mol. The quantitative estimate of drug-likeness (QED) is 0.805. The van der Waals surface area contributed by atoms with Gasteiger partial charge in [-0.3, -0.25) is 4.79 Å². The Bertz CT molecular complexity index is 701. The number of methoxy groups -OCH3 is 1. The second-order valence-corrected chi connectivity index (χ2v) is 8.38. The number of aromatic hydroxyl groups is 1. The highest BCUT2D eigenvalue weighted by molar-refractivity contribution is 5.73. The third-order valence-electron chi connectivity index (χ3n) is 6.80. The normalized spacial score (nSPS) is 30.7. The smallest absolute Gasteiger partial charge is 0.219 e. The lowest BCUT2D eigenvalue weighted by Gasteiger charge is -2.60. The van der Waals surface area contributed by atoms with Crippen LogP contribution in [0.1, 0.15) is 45.1 Å². The topological polar surface area (TPSA) is 49.8 Å². The summed E-state index contributed by atoms with van der Waals surface area (Å²) in [6.45, 7) is 9.80. The zero-order chi connectivity index (χ0) is 18.9. The lowest BCUT2D eigenvalue weighted by molar-refractivity contribution is -0.145. The molecule has 1 aliphatic carbocycles. The molecule has 1 aliphatic heterocycles. The molecule has 2 fully saturated rings. The van der Waals surface area contributed by atoms with Crippen LogP contribution in [0.25, 0.3) is 0 Å². The van der Waals surface area contributed by atoms with Crippen LogP contribution in [0.5, 0.6) is 11.5 Å². The zero-order valence-corrected chi connectivity index (χ0v) is 16.3. The molecule has 1 saturated carbocycles. The lowest BCUT2D eigenvalue weighted by atomic mass is 9.51. The van der Waals surface area contributed by atoms with Crippen molar-refractivity contribution < 1.29 is 14.6 Å². The van der Waals surface area contributed by atoms with Gasteiger partial charge in [-0.2, -0.15) is 0 Å². The van der Waals surface area contributed by atoms with E-state index in [0.717, 1.165) is 44.3 Å². The van der Waals surface area contributed by atoms with Crippen LogP contribution in [0.4, 0.5) is 0 Å². The number of benzene rings is 1. The molecular weight excluding hydrogens is 326 g/mol. The van der Waals surface area contributed by atoms with Gasteiger partial charge in [-0.05, 0) is 48.6 Å². The molecule has 1 amide bonds. The molecule has 1 aromatic carbocycles. The molecule has 3 rings (SSSR count). The Morgan fingerprint density at radius 2 is 2.19 bits per heavy atom. The number of para-hydroxylation sites is 1. The highest BCUT2D eigenvalue weighted by Gasteiger charge is 2.54. The molecule has 0 radical (unpaired) electrons.